The molecule has 0 aromatic rings. The molecule has 0 bridgehead atoms. The number of aliphatic hydroxyl groups excluding tert-OH is 3. The molecule has 1 fully saturated rings. The maximum Gasteiger partial charge on any atom is 0.185 e. The van der Waals surface area contributed by atoms with Crippen LogP contribution in [0.5, 0.6) is 0 Å². The van der Waals surface area contributed by atoms with E-state index in [-0.39, 0.29) is 12.6 Å². The van der Waals surface area contributed by atoms with Gasteiger partial charge in [-0.05, 0) is 19.3 Å². The highest BCUT2D eigenvalue weighted by molar-refractivity contribution is 4.95. The molecule has 0 radical (unpaired) electrons. The number of hydrogen-bond donors (Lipinski definition) is 4. The van der Waals surface area contributed by atoms with Gasteiger partial charge in [0.2, 0.25) is 0 Å². The molecule has 2 unspecified atom stereocenters. The molecule has 6 nitrogen and oxygen atoms in total. The molecular formula is C14H29NO5. The summed E-state index contributed by atoms with van der Waals surface area (Å²) in [6.45, 7) is 8.14. The van der Waals surface area contributed by atoms with E-state index >= 15 is 0 Å². The highest BCUT2D eigenvalue weighted by Crippen LogP contribution is 2.23. The lowest BCUT2D eigenvalue weighted by Crippen LogP contribution is -2.65. The first-order valence-corrected chi connectivity index (χ1v) is 7.40. The molecule has 4 N–H and O–H groups in total. The van der Waals surface area contributed by atoms with Crippen molar-refractivity contribution in [2.24, 2.45) is 5.92 Å². The summed E-state index contributed by atoms with van der Waals surface area (Å²) in [5.74, 6) is 0.311. The van der Waals surface area contributed by atoms with Gasteiger partial charge in [0.15, 0.2) is 6.29 Å². The standard InChI is InChI=1S/C14H29NO5/c1-5-9(4)15-11-12(17)10(6-16)20-14(13(11)18)19-7-8(2)3/h8-18H,5-7H2,1-4H3/t9?,10-,11+,12-,13-,14?/m1/s1. The second kappa shape index (κ2) is 8.26. The molecule has 0 aromatic carbocycles. The quantitative estimate of drug-likeness (QED) is 0.522. The van der Waals surface area contributed by atoms with Gasteiger partial charge in [-0.25, -0.2) is 0 Å². The van der Waals surface area contributed by atoms with Gasteiger partial charge in [-0.3, -0.25) is 0 Å². The Hall–Kier alpha value is -0.240. The molecule has 1 aliphatic rings. The molecule has 6 atom stereocenters. The lowest BCUT2D eigenvalue weighted by molar-refractivity contribution is -0.282. The Morgan fingerprint density at radius 2 is 1.85 bits per heavy atom. The summed E-state index contributed by atoms with van der Waals surface area (Å²) in [7, 11) is 0. The van der Waals surface area contributed by atoms with E-state index in [4.69, 9.17) is 9.47 Å². The second-order valence-electron chi connectivity index (χ2n) is 5.94. The highest BCUT2D eigenvalue weighted by atomic mass is 16.7. The van der Waals surface area contributed by atoms with Crippen LogP contribution in [-0.2, 0) is 9.47 Å². The molecule has 0 spiro atoms. The summed E-state index contributed by atoms with van der Waals surface area (Å²) in [5, 5.41) is 33.0. The van der Waals surface area contributed by atoms with Crippen LogP contribution in [0.25, 0.3) is 0 Å². The molecule has 20 heavy (non-hydrogen) atoms. The summed E-state index contributed by atoms with van der Waals surface area (Å²) in [6.07, 6.45) is -2.65. The fourth-order valence-corrected chi connectivity index (χ4v) is 2.16. The number of ether oxygens (including phenoxy) is 2. The summed E-state index contributed by atoms with van der Waals surface area (Å²) >= 11 is 0. The van der Waals surface area contributed by atoms with Crippen molar-refractivity contribution >= 4 is 0 Å². The normalized spacial score (nSPS) is 36.3. The molecule has 6 heteroatoms. The molecule has 0 aromatic heterocycles. The average molecular weight is 291 g/mol. The molecule has 1 saturated heterocycles. The minimum atomic E-state index is -0.972. The first kappa shape index (κ1) is 17.8. The topological polar surface area (TPSA) is 91.2 Å². The van der Waals surface area contributed by atoms with E-state index in [1.807, 2.05) is 27.7 Å². The first-order valence-electron chi connectivity index (χ1n) is 7.40. The maximum absolute atomic E-state index is 10.3. The molecular weight excluding hydrogens is 262 g/mol. The van der Waals surface area contributed by atoms with E-state index in [2.05, 4.69) is 5.32 Å². The third kappa shape index (κ3) is 4.65. The van der Waals surface area contributed by atoms with E-state index in [9.17, 15) is 15.3 Å². The monoisotopic (exact) mass is 291 g/mol. The van der Waals surface area contributed by atoms with Gasteiger partial charge in [-0.1, -0.05) is 20.8 Å². The van der Waals surface area contributed by atoms with Crippen molar-refractivity contribution in [2.45, 2.75) is 70.8 Å². The van der Waals surface area contributed by atoms with Crippen LogP contribution in [0.4, 0.5) is 0 Å². The summed E-state index contributed by atoms with van der Waals surface area (Å²) < 4.78 is 11.0. The molecule has 0 aliphatic carbocycles. The van der Waals surface area contributed by atoms with E-state index in [0.717, 1.165) is 6.42 Å². The van der Waals surface area contributed by atoms with Crippen LogP contribution in [0, 0.1) is 5.92 Å². The minimum absolute atomic E-state index is 0.146. The van der Waals surface area contributed by atoms with Gasteiger partial charge in [0.1, 0.15) is 18.3 Å². The van der Waals surface area contributed by atoms with Gasteiger partial charge in [-0.15, -0.1) is 0 Å². The Balaban J connectivity index is 2.73. The van der Waals surface area contributed by atoms with Gasteiger partial charge in [0.25, 0.3) is 0 Å². The molecule has 120 valence electrons. The van der Waals surface area contributed by atoms with Crippen LogP contribution >= 0.6 is 0 Å². The molecule has 1 aliphatic heterocycles. The summed E-state index contributed by atoms with van der Waals surface area (Å²) in [4.78, 5) is 0. The Kier molecular flexibility index (Phi) is 7.36. The predicted octanol–water partition coefficient (Wildman–Crippen LogP) is -0.145. The van der Waals surface area contributed by atoms with Crippen LogP contribution in [0.3, 0.4) is 0 Å². The second-order valence-corrected chi connectivity index (χ2v) is 5.94. The van der Waals surface area contributed by atoms with Crippen molar-refractivity contribution in [1.82, 2.24) is 5.32 Å². The van der Waals surface area contributed by atoms with Gasteiger partial charge in [-0.2, -0.15) is 0 Å². The minimum Gasteiger partial charge on any atom is -0.394 e. The average Bonchev–Trinajstić information content (AvgIpc) is 2.42. The molecule has 0 amide bonds. The van der Waals surface area contributed by atoms with Crippen LogP contribution in [0.1, 0.15) is 34.1 Å². The van der Waals surface area contributed by atoms with Crippen LogP contribution in [0.2, 0.25) is 0 Å². The number of hydrogen-bond acceptors (Lipinski definition) is 6. The number of nitrogens with one attached hydrogen (secondary N) is 1. The fraction of sp³-hybridized carbons (Fsp3) is 1.00. The Labute approximate surface area is 121 Å². The van der Waals surface area contributed by atoms with Crippen molar-refractivity contribution in [3.05, 3.63) is 0 Å². The zero-order valence-electron chi connectivity index (χ0n) is 12.8. The fourth-order valence-electron chi connectivity index (χ4n) is 2.16. The van der Waals surface area contributed by atoms with Gasteiger partial charge in [0.05, 0.1) is 19.3 Å². The van der Waals surface area contributed by atoms with Crippen molar-refractivity contribution in [3.63, 3.8) is 0 Å². The van der Waals surface area contributed by atoms with Crippen molar-refractivity contribution in [2.75, 3.05) is 13.2 Å². The molecule has 1 rings (SSSR count). The maximum atomic E-state index is 10.3. The third-order valence-corrected chi connectivity index (χ3v) is 3.57. The van der Waals surface area contributed by atoms with E-state index in [1.165, 1.54) is 0 Å². The van der Waals surface area contributed by atoms with E-state index in [1.54, 1.807) is 0 Å². The number of rotatable bonds is 7. The van der Waals surface area contributed by atoms with Crippen molar-refractivity contribution in [1.29, 1.82) is 0 Å². The third-order valence-electron chi connectivity index (χ3n) is 3.57. The van der Waals surface area contributed by atoms with Crippen molar-refractivity contribution in [3.8, 4) is 0 Å². The molecule has 1 heterocycles. The van der Waals surface area contributed by atoms with Crippen LogP contribution in [-0.4, -0.2) is 65.2 Å². The predicted molar refractivity (Wildman–Crippen MR) is 75.2 cm³/mol. The SMILES string of the molecule is CCC(C)N[C@H]1[C@H](O)[C@@H](CO)OC(OCC(C)C)[C@@H]1O. The van der Waals surface area contributed by atoms with Crippen molar-refractivity contribution < 1.29 is 24.8 Å². The van der Waals surface area contributed by atoms with Gasteiger partial charge < -0.3 is 30.1 Å². The lowest BCUT2D eigenvalue weighted by atomic mass is 9.95. The number of aliphatic hydroxyl groups is 3. The summed E-state index contributed by atoms with van der Waals surface area (Å²) in [6, 6.07) is -0.430. The largest absolute Gasteiger partial charge is 0.394 e. The zero-order chi connectivity index (χ0) is 15.3. The van der Waals surface area contributed by atoms with Crippen LogP contribution in [0.15, 0.2) is 0 Å². The first-order chi connectivity index (χ1) is 9.40. The lowest BCUT2D eigenvalue weighted by Gasteiger charge is -2.43. The van der Waals surface area contributed by atoms with E-state index < -0.39 is 30.6 Å². The smallest absolute Gasteiger partial charge is 0.185 e. The molecule has 0 saturated carbocycles. The van der Waals surface area contributed by atoms with Crippen LogP contribution < -0.4 is 5.32 Å². The highest BCUT2D eigenvalue weighted by Gasteiger charge is 2.45. The Morgan fingerprint density at radius 1 is 1.20 bits per heavy atom. The zero-order valence-corrected chi connectivity index (χ0v) is 12.8. The van der Waals surface area contributed by atoms with Gasteiger partial charge in [0, 0.05) is 6.04 Å². The summed E-state index contributed by atoms with van der Waals surface area (Å²) in [5.41, 5.74) is 0. The van der Waals surface area contributed by atoms with Gasteiger partial charge >= 0.3 is 0 Å². The van der Waals surface area contributed by atoms with E-state index in [0.29, 0.717) is 12.5 Å². The Morgan fingerprint density at radius 3 is 2.35 bits per heavy atom. The Bertz CT molecular complexity index is 276.